The molecule has 0 fully saturated rings. The highest BCUT2D eigenvalue weighted by Gasteiger charge is 2.21. The lowest BCUT2D eigenvalue weighted by Crippen LogP contribution is -2.31. The highest BCUT2D eigenvalue weighted by Crippen LogP contribution is 2.32. The van der Waals surface area contributed by atoms with Gasteiger partial charge in [-0.1, -0.05) is 42.0 Å². The van der Waals surface area contributed by atoms with Crippen LogP contribution in [0.4, 0.5) is 0 Å². The minimum absolute atomic E-state index is 0.0392. The van der Waals surface area contributed by atoms with Crippen molar-refractivity contribution in [3.8, 4) is 10.6 Å². The normalized spacial score (nSPS) is 11.9. The van der Waals surface area contributed by atoms with Gasteiger partial charge in [-0.25, -0.2) is 4.98 Å². The topological polar surface area (TPSA) is 54.9 Å². The number of hydrogen-bond donors (Lipinski definition) is 1. The third-order valence-corrected chi connectivity index (χ3v) is 6.43. The van der Waals surface area contributed by atoms with Crippen molar-refractivity contribution in [3.63, 3.8) is 0 Å². The van der Waals surface area contributed by atoms with Gasteiger partial charge in [0, 0.05) is 11.1 Å². The molecule has 0 spiro atoms. The zero-order valence-corrected chi connectivity index (χ0v) is 17.9. The van der Waals surface area contributed by atoms with Gasteiger partial charge in [0.15, 0.2) is 0 Å². The first kappa shape index (κ1) is 19.5. The minimum atomic E-state index is -0.288. The molecule has 1 N–H and O–H groups in total. The largest absolute Gasteiger partial charge is 0.343 e. The third-order valence-electron chi connectivity index (χ3n) is 4.58. The van der Waals surface area contributed by atoms with Gasteiger partial charge in [-0.2, -0.15) is 0 Å². The molecule has 0 bridgehead atoms. The molecule has 29 heavy (non-hydrogen) atoms. The van der Waals surface area contributed by atoms with Crippen LogP contribution in [0.3, 0.4) is 0 Å². The summed E-state index contributed by atoms with van der Waals surface area (Å²) in [5.41, 5.74) is 3.94. The first-order chi connectivity index (χ1) is 14.1. The molecule has 0 saturated heterocycles. The van der Waals surface area contributed by atoms with E-state index in [4.69, 9.17) is 0 Å². The quantitative estimate of drug-likeness (QED) is 0.459. The molecule has 4 nitrogen and oxygen atoms in total. The van der Waals surface area contributed by atoms with Gasteiger partial charge in [0.25, 0.3) is 0 Å². The number of carbonyl (C=O) groups excluding carboxylic acids is 1. The number of benzene rings is 1. The fourth-order valence-corrected chi connectivity index (χ4v) is 4.94. The van der Waals surface area contributed by atoms with Crippen LogP contribution in [0.15, 0.2) is 66.2 Å². The lowest BCUT2D eigenvalue weighted by atomic mass is 10.0. The molecule has 0 radical (unpaired) electrons. The molecule has 1 aromatic carbocycles. The predicted octanol–water partition coefficient (Wildman–Crippen LogP) is 5.33. The highest BCUT2D eigenvalue weighted by molar-refractivity contribution is 7.15. The van der Waals surface area contributed by atoms with Gasteiger partial charge < -0.3 is 5.32 Å². The van der Waals surface area contributed by atoms with E-state index in [0.29, 0.717) is 6.42 Å². The molecule has 146 valence electrons. The van der Waals surface area contributed by atoms with Crippen molar-refractivity contribution in [2.45, 2.75) is 26.3 Å². The molecule has 6 heteroatoms. The summed E-state index contributed by atoms with van der Waals surface area (Å²) >= 11 is 3.22. The molecule has 1 unspecified atom stereocenters. The highest BCUT2D eigenvalue weighted by atomic mass is 32.1. The van der Waals surface area contributed by atoms with Crippen LogP contribution in [0, 0.1) is 13.8 Å². The van der Waals surface area contributed by atoms with Crippen molar-refractivity contribution in [1.82, 2.24) is 15.3 Å². The fraction of sp³-hybridized carbons (Fsp3) is 0.174. The lowest BCUT2D eigenvalue weighted by Gasteiger charge is -2.19. The van der Waals surface area contributed by atoms with E-state index in [1.165, 1.54) is 5.56 Å². The van der Waals surface area contributed by atoms with E-state index in [2.05, 4.69) is 34.3 Å². The second-order valence-corrected chi connectivity index (χ2v) is 9.06. The maximum Gasteiger partial charge on any atom is 0.226 e. The Kier molecular flexibility index (Phi) is 5.83. The Balaban J connectivity index is 1.59. The molecule has 0 aliphatic carbocycles. The molecule has 4 rings (SSSR count). The van der Waals surface area contributed by atoms with Gasteiger partial charge >= 0.3 is 0 Å². The number of nitrogens with zero attached hydrogens (tertiary/aromatic N) is 2. The van der Waals surface area contributed by atoms with E-state index >= 15 is 0 Å². The van der Waals surface area contributed by atoms with E-state index in [1.807, 2.05) is 54.8 Å². The molecule has 1 amide bonds. The average molecular weight is 420 g/mol. The summed E-state index contributed by atoms with van der Waals surface area (Å²) in [6, 6.07) is 17.7. The van der Waals surface area contributed by atoms with Crippen LogP contribution in [-0.4, -0.2) is 15.9 Å². The second kappa shape index (κ2) is 8.68. The molecular weight excluding hydrogens is 398 g/mol. The van der Waals surface area contributed by atoms with E-state index in [9.17, 15) is 4.79 Å². The number of nitrogens with one attached hydrogen (secondary N) is 1. The van der Waals surface area contributed by atoms with Crippen LogP contribution in [0.25, 0.3) is 10.6 Å². The number of amides is 1. The second-order valence-electron chi connectivity index (χ2n) is 6.82. The Morgan fingerprint density at radius 1 is 1.07 bits per heavy atom. The van der Waals surface area contributed by atoms with Crippen LogP contribution >= 0.6 is 22.7 Å². The molecule has 0 saturated carbocycles. The van der Waals surface area contributed by atoms with E-state index in [1.54, 1.807) is 28.9 Å². The standard InChI is InChI=1S/C23H21N3OS2/c1-15-8-10-17(11-9-15)22(18-6-3-4-12-24-18)26-21(27)14-20-23(25-16(2)29-20)19-7-5-13-28-19/h3-13,22H,14H2,1-2H3,(H,26,27). The third kappa shape index (κ3) is 4.60. The van der Waals surface area contributed by atoms with Gasteiger partial charge in [-0.15, -0.1) is 22.7 Å². The number of hydrogen-bond acceptors (Lipinski definition) is 5. The molecular formula is C23H21N3OS2. The number of thiazole rings is 1. The number of rotatable bonds is 6. The fourth-order valence-electron chi connectivity index (χ4n) is 3.19. The Morgan fingerprint density at radius 3 is 2.59 bits per heavy atom. The number of pyridine rings is 1. The Bertz CT molecular complexity index is 1090. The summed E-state index contributed by atoms with van der Waals surface area (Å²) in [5, 5.41) is 6.18. The van der Waals surface area contributed by atoms with Crippen molar-refractivity contribution in [3.05, 3.63) is 92.9 Å². The zero-order chi connectivity index (χ0) is 20.2. The smallest absolute Gasteiger partial charge is 0.226 e. The van der Waals surface area contributed by atoms with Crippen molar-refractivity contribution >= 4 is 28.6 Å². The Hall–Kier alpha value is -2.83. The van der Waals surface area contributed by atoms with Gasteiger partial charge in [0.05, 0.1) is 33.7 Å². The lowest BCUT2D eigenvalue weighted by molar-refractivity contribution is -0.120. The number of carbonyl (C=O) groups is 1. The summed E-state index contributed by atoms with van der Waals surface area (Å²) in [5.74, 6) is -0.0392. The SMILES string of the molecule is Cc1ccc(C(NC(=O)Cc2sc(C)nc2-c2cccs2)c2ccccn2)cc1. The van der Waals surface area contributed by atoms with Crippen molar-refractivity contribution in [2.24, 2.45) is 0 Å². The summed E-state index contributed by atoms with van der Waals surface area (Å²) in [6.07, 6.45) is 2.05. The van der Waals surface area contributed by atoms with Gasteiger partial charge in [0.2, 0.25) is 5.91 Å². The zero-order valence-electron chi connectivity index (χ0n) is 16.3. The molecule has 4 aromatic rings. The summed E-state index contributed by atoms with van der Waals surface area (Å²) < 4.78 is 0. The number of aryl methyl sites for hydroxylation is 2. The average Bonchev–Trinajstić information content (AvgIpc) is 3.37. The summed E-state index contributed by atoms with van der Waals surface area (Å²) in [6.45, 7) is 4.03. The van der Waals surface area contributed by atoms with Crippen LogP contribution in [0.2, 0.25) is 0 Å². The van der Waals surface area contributed by atoms with Crippen molar-refractivity contribution in [2.75, 3.05) is 0 Å². The monoisotopic (exact) mass is 419 g/mol. The van der Waals surface area contributed by atoms with Crippen LogP contribution in [0.5, 0.6) is 0 Å². The number of thiophene rings is 1. The molecule has 0 aliphatic heterocycles. The van der Waals surface area contributed by atoms with Crippen LogP contribution in [0.1, 0.15) is 32.7 Å². The maximum absolute atomic E-state index is 13.0. The molecule has 1 atom stereocenters. The van der Waals surface area contributed by atoms with Gasteiger partial charge in [-0.3, -0.25) is 9.78 Å². The van der Waals surface area contributed by atoms with Crippen LogP contribution < -0.4 is 5.32 Å². The van der Waals surface area contributed by atoms with Gasteiger partial charge in [-0.05, 0) is 43.0 Å². The Morgan fingerprint density at radius 2 is 1.90 bits per heavy atom. The van der Waals surface area contributed by atoms with Crippen molar-refractivity contribution < 1.29 is 4.79 Å². The van der Waals surface area contributed by atoms with E-state index in [0.717, 1.165) is 31.7 Å². The van der Waals surface area contributed by atoms with E-state index < -0.39 is 0 Å². The van der Waals surface area contributed by atoms with E-state index in [-0.39, 0.29) is 11.9 Å². The van der Waals surface area contributed by atoms with Gasteiger partial charge in [0.1, 0.15) is 0 Å². The maximum atomic E-state index is 13.0. The minimum Gasteiger partial charge on any atom is -0.343 e. The first-order valence-corrected chi connectivity index (χ1v) is 11.1. The van der Waals surface area contributed by atoms with Crippen molar-refractivity contribution in [1.29, 1.82) is 0 Å². The van der Waals surface area contributed by atoms with Crippen LogP contribution in [-0.2, 0) is 11.2 Å². The Labute approximate surface area is 178 Å². The first-order valence-electron chi connectivity index (χ1n) is 9.37. The molecule has 0 aliphatic rings. The predicted molar refractivity (Wildman–Crippen MR) is 119 cm³/mol. The number of aromatic nitrogens is 2. The summed E-state index contributed by atoms with van der Waals surface area (Å²) in [7, 11) is 0. The molecule has 3 heterocycles. The summed E-state index contributed by atoms with van der Waals surface area (Å²) in [4.78, 5) is 24.2. The molecule has 3 aromatic heterocycles.